The number of hydrazone groups is 1. The summed E-state index contributed by atoms with van der Waals surface area (Å²) in [5, 5.41) is 9.24. The zero-order valence-corrected chi connectivity index (χ0v) is 16.0. The van der Waals surface area contributed by atoms with Gasteiger partial charge in [0.2, 0.25) is 6.23 Å². The van der Waals surface area contributed by atoms with Gasteiger partial charge in [-0.05, 0) is 35.9 Å². The van der Waals surface area contributed by atoms with Crippen LogP contribution < -0.4 is 4.74 Å². The van der Waals surface area contributed by atoms with Crippen LogP contribution in [0.15, 0.2) is 76.0 Å². The number of para-hydroxylation sites is 1. The summed E-state index contributed by atoms with van der Waals surface area (Å²) in [6.07, 6.45) is 2.82. The number of thiophene rings is 1. The van der Waals surface area contributed by atoms with Crippen LogP contribution in [-0.2, 0) is 0 Å². The summed E-state index contributed by atoms with van der Waals surface area (Å²) >= 11 is 3.50. The molecule has 5 heteroatoms. The number of fused-ring (bicyclic) bond motifs is 3. The fourth-order valence-corrected chi connectivity index (χ4v) is 4.74. The van der Waals surface area contributed by atoms with Crippen LogP contribution in [0.4, 0.5) is 0 Å². The van der Waals surface area contributed by atoms with E-state index in [2.05, 4.69) is 71.2 Å². The molecule has 5 rings (SSSR count). The number of hydrogen-bond donors (Lipinski definition) is 0. The summed E-state index contributed by atoms with van der Waals surface area (Å²) in [6.45, 7) is 0. The largest absolute Gasteiger partial charge is 0.464 e. The standard InChI is InChI=1S/C21H18N2OS2/c1-25-15-10-8-14(9-11-15)21-23-18(16-5-2-3-6-19(16)24-21)13-17(22-23)20-7-4-12-26-20/h2-12,18,21H,13H2,1H3/t18-,21-/m0/s1. The van der Waals surface area contributed by atoms with E-state index in [0.29, 0.717) is 0 Å². The van der Waals surface area contributed by atoms with Gasteiger partial charge in [0, 0.05) is 22.4 Å². The van der Waals surface area contributed by atoms with E-state index < -0.39 is 0 Å². The monoisotopic (exact) mass is 378 g/mol. The maximum absolute atomic E-state index is 6.39. The molecule has 2 aliphatic rings. The molecule has 0 radical (unpaired) electrons. The van der Waals surface area contributed by atoms with Gasteiger partial charge in [-0.1, -0.05) is 36.4 Å². The molecule has 0 saturated carbocycles. The molecular weight excluding hydrogens is 360 g/mol. The molecule has 2 aliphatic heterocycles. The van der Waals surface area contributed by atoms with Crippen molar-refractivity contribution in [2.75, 3.05) is 6.26 Å². The minimum absolute atomic E-state index is 0.191. The Bertz CT molecular complexity index is 950. The topological polar surface area (TPSA) is 24.8 Å². The quantitative estimate of drug-likeness (QED) is 0.546. The van der Waals surface area contributed by atoms with Crippen molar-refractivity contribution in [3.05, 3.63) is 82.0 Å². The fraction of sp³-hybridized carbons (Fsp3) is 0.190. The van der Waals surface area contributed by atoms with E-state index in [0.717, 1.165) is 23.4 Å². The van der Waals surface area contributed by atoms with E-state index in [1.807, 2.05) is 6.07 Å². The number of ether oxygens (including phenoxy) is 1. The number of thioether (sulfide) groups is 1. The van der Waals surface area contributed by atoms with Gasteiger partial charge in [0.15, 0.2) is 0 Å². The molecule has 0 fully saturated rings. The molecule has 0 amide bonds. The van der Waals surface area contributed by atoms with Gasteiger partial charge in [-0.15, -0.1) is 23.1 Å². The van der Waals surface area contributed by atoms with Crippen molar-refractivity contribution < 1.29 is 4.74 Å². The maximum atomic E-state index is 6.39. The first-order valence-corrected chi connectivity index (χ1v) is 10.7. The normalized spacial score (nSPS) is 21.0. The molecule has 2 atom stereocenters. The number of benzene rings is 2. The van der Waals surface area contributed by atoms with Crippen molar-refractivity contribution in [2.24, 2.45) is 5.10 Å². The van der Waals surface area contributed by atoms with Crippen LogP contribution in [0.25, 0.3) is 0 Å². The zero-order valence-electron chi connectivity index (χ0n) is 14.3. The van der Waals surface area contributed by atoms with Crippen molar-refractivity contribution in [3.8, 4) is 5.75 Å². The number of rotatable bonds is 3. The van der Waals surface area contributed by atoms with Crippen LogP contribution in [-0.4, -0.2) is 17.0 Å². The Morgan fingerprint density at radius 1 is 1.08 bits per heavy atom. The summed E-state index contributed by atoms with van der Waals surface area (Å²) in [5.41, 5.74) is 3.51. The average Bonchev–Trinajstić information content (AvgIpc) is 3.37. The molecule has 0 spiro atoms. The molecule has 0 unspecified atom stereocenters. The van der Waals surface area contributed by atoms with Crippen LogP contribution in [0.1, 0.15) is 34.7 Å². The van der Waals surface area contributed by atoms with Crippen LogP contribution in [0.3, 0.4) is 0 Å². The van der Waals surface area contributed by atoms with Crippen molar-refractivity contribution in [1.29, 1.82) is 0 Å². The molecule has 3 aromatic rings. The highest BCUT2D eigenvalue weighted by molar-refractivity contribution is 7.98. The molecule has 0 saturated heterocycles. The summed E-state index contributed by atoms with van der Waals surface area (Å²) in [4.78, 5) is 2.50. The zero-order chi connectivity index (χ0) is 17.5. The first kappa shape index (κ1) is 16.0. The predicted molar refractivity (Wildman–Crippen MR) is 108 cm³/mol. The lowest BCUT2D eigenvalue weighted by molar-refractivity contribution is -0.0190. The first-order valence-electron chi connectivity index (χ1n) is 8.63. The highest BCUT2D eigenvalue weighted by atomic mass is 32.2. The average molecular weight is 379 g/mol. The third-order valence-corrected chi connectivity index (χ3v) is 6.57. The molecule has 3 nitrogen and oxygen atoms in total. The van der Waals surface area contributed by atoms with E-state index in [-0.39, 0.29) is 12.3 Å². The SMILES string of the molecule is CSc1ccc([C@@H]2Oc3ccccc3[C@@H]3CC(c4cccs4)=NN32)cc1. The molecular formula is C21H18N2OS2. The smallest absolute Gasteiger partial charge is 0.213 e. The maximum Gasteiger partial charge on any atom is 0.213 e. The third kappa shape index (κ3) is 2.63. The fourth-order valence-electron chi connectivity index (χ4n) is 3.61. The van der Waals surface area contributed by atoms with Crippen LogP contribution in [0.2, 0.25) is 0 Å². The summed E-state index contributed by atoms with van der Waals surface area (Å²) in [6, 6.07) is 21.4. The second-order valence-corrected chi connectivity index (χ2v) is 8.23. The molecule has 130 valence electrons. The number of nitrogens with zero attached hydrogens (tertiary/aromatic N) is 2. The molecule has 0 N–H and O–H groups in total. The van der Waals surface area contributed by atoms with Gasteiger partial charge < -0.3 is 4.74 Å². The van der Waals surface area contributed by atoms with Crippen LogP contribution in [0, 0.1) is 0 Å². The summed E-state index contributed by atoms with van der Waals surface area (Å²) in [7, 11) is 0. The van der Waals surface area contributed by atoms with Gasteiger partial charge in [0.1, 0.15) is 5.75 Å². The molecule has 3 heterocycles. The van der Waals surface area contributed by atoms with Crippen molar-refractivity contribution in [2.45, 2.75) is 23.6 Å². The minimum Gasteiger partial charge on any atom is -0.464 e. The Balaban J connectivity index is 1.58. The predicted octanol–water partition coefficient (Wildman–Crippen LogP) is 5.71. The first-order chi connectivity index (χ1) is 12.8. The van der Waals surface area contributed by atoms with Gasteiger partial charge in [-0.2, -0.15) is 5.10 Å². The van der Waals surface area contributed by atoms with Crippen molar-refractivity contribution in [1.82, 2.24) is 5.01 Å². The molecule has 2 aromatic carbocycles. The Labute approximate surface area is 161 Å². The number of hydrogen-bond acceptors (Lipinski definition) is 5. The Hall–Kier alpha value is -2.24. The summed E-state index contributed by atoms with van der Waals surface area (Å²) in [5.74, 6) is 0.968. The lowest BCUT2D eigenvalue weighted by Gasteiger charge is -2.38. The Kier molecular flexibility index (Phi) is 3.98. The lowest BCUT2D eigenvalue weighted by atomic mass is 9.98. The minimum atomic E-state index is -0.191. The molecule has 1 aromatic heterocycles. The van der Waals surface area contributed by atoms with Crippen molar-refractivity contribution >= 4 is 28.8 Å². The van der Waals surface area contributed by atoms with E-state index in [1.165, 1.54) is 15.3 Å². The Morgan fingerprint density at radius 2 is 1.92 bits per heavy atom. The molecule has 26 heavy (non-hydrogen) atoms. The van der Waals surface area contributed by atoms with E-state index in [1.54, 1.807) is 23.1 Å². The molecule has 0 bridgehead atoms. The second kappa shape index (κ2) is 6.49. The highest BCUT2D eigenvalue weighted by Crippen LogP contribution is 2.47. The second-order valence-electron chi connectivity index (χ2n) is 6.41. The van der Waals surface area contributed by atoms with Gasteiger partial charge in [-0.25, -0.2) is 5.01 Å². The van der Waals surface area contributed by atoms with E-state index >= 15 is 0 Å². The van der Waals surface area contributed by atoms with Gasteiger partial charge in [0.05, 0.1) is 16.6 Å². The van der Waals surface area contributed by atoms with Gasteiger partial charge >= 0.3 is 0 Å². The van der Waals surface area contributed by atoms with Crippen LogP contribution >= 0.6 is 23.1 Å². The highest BCUT2D eigenvalue weighted by Gasteiger charge is 2.40. The lowest BCUT2D eigenvalue weighted by Crippen LogP contribution is -2.33. The van der Waals surface area contributed by atoms with Crippen LogP contribution in [0.5, 0.6) is 5.75 Å². The Morgan fingerprint density at radius 3 is 2.69 bits per heavy atom. The van der Waals surface area contributed by atoms with Gasteiger partial charge in [-0.3, -0.25) is 0 Å². The van der Waals surface area contributed by atoms with Crippen molar-refractivity contribution in [3.63, 3.8) is 0 Å². The van der Waals surface area contributed by atoms with E-state index in [4.69, 9.17) is 9.84 Å². The summed E-state index contributed by atoms with van der Waals surface area (Å²) < 4.78 is 6.39. The van der Waals surface area contributed by atoms with Gasteiger partial charge in [0.25, 0.3) is 0 Å². The molecule has 0 aliphatic carbocycles. The third-order valence-electron chi connectivity index (χ3n) is 4.91. The van der Waals surface area contributed by atoms with E-state index in [9.17, 15) is 0 Å².